The number of nitrogens with zero attached hydrogens (tertiary/aromatic N) is 5. The van der Waals surface area contributed by atoms with E-state index < -0.39 is 5.91 Å². The maximum Gasteiger partial charge on any atom is 0.268 e. The number of hydrogen-bond donors (Lipinski definition) is 1. The number of carbonyl (C=O) groups is 1. The van der Waals surface area contributed by atoms with Crippen molar-refractivity contribution >= 4 is 17.2 Å². The molecule has 7 nitrogen and oxygen atoms in total. The Balaban J connectivity index is 2.31. The van der Waals surface area contributed by atoms with Gasteiger partial charge in [0.25, 0.3) is 5.91 Å². The Morgan fingerprint density at radius 2 is 2.16 bits per heavy atom. The van der Waals surface area contributed by atoms with Crippen molar-refractivity contribution < 1.29 is 4.79 Å². The first-order valence-corrected chi connectivity index (χ1v) is 6.20. The molecule has 0 aliphatic rings. The van der Waals surface area contributed by atoms with Crippen molar-refractivity contribution in [2.24, 2.45) is 5.73 Å². The van der Waals surface area contributed by atoms with Crippen LogP contribution >= 0.6 is 11.3 Å². The van der Waals surface area contributed by atoms with Crippen molar-refractivity contribution in [3.63, 3.8) is 0 Å². The number of pyridine rings is 1. The first-order valence-electron chi connectivity index (χ1n) is 5.32. The Kier molecular flexibility index (Phi) is 2.76. The summed E-state index contributed by atoms with van der Waals surface area (Å²) >= 11 is 1.40. The third-order valence-electron chi connectivity index (χ3n) is 2.48. The molecular formula is C11H8N6OS. The average molecular weight is 272 g/mol. The molecule has 8 heteroatoms. The molecule has 0 aliphatic heterocycles. The Morgan fingerprint density at radius 1 is 1.26 bits per heavy atom. The van der Waals surface area contributed by atoms with Gasteiger partial charge < -0.3 is 5.73 Å². The van der Waals surface area contributed by atoms with Crippen LogP contribution in [-0.4, -0.2) is 30.9 Å². The Bertz CT molecular complexity index is 707. The fraction of sp³-hybridized carbons (Fsp3) is 0. The lowest BCUT2D eigenvalue weighted by molar-refractivity contribution is 0.0996. The van der Waals surface area contributed by atoms with Crippen molar-refractivity contribution in [3.8, 4) is 16.3 Å². The second kappa shape index (κ2) is 4.58. The Hall–Kier alpha value is -2.61. The number of rotatable bonds is 3. The predicted molar refractivity (Wildman–Crippen MR) is 68.8 cm³/mol. The third-order valence-corrected chi connectivity index (χ3v) is 3.27. The minimum Gasteiger partial charge on any atom is -0.364 e. The Morgan fingerprint density at radius 3 is 2.79 bits per heavy atom. The van der Waals surface area contributed by atoms with Crippen LogP contribution in [0.15, 0.2) is 36.2 Å². The quantitative estimate of drug-likeness (QED) is 0.763. The van der Waals surface area contributed by atoms with Gasteiger partial charge in [-0.2, -0.15) is 0 Å². The summed E-state index contributed by atoms with van der Waals surface area (Å²) in [5.74, 6) is -0.604. The maximum absolute atomic E-state index is 11.5. The van der Waals surface area contributed by atoms with Gasteiger partial charge in [0, 0.05) is 17.8 Å². The van der Waals surface area contributed by atoms with Gasteiger partial charge in [-0.3, -0.25) is 9.78 Å². The van der Waals surface area contributed by atoms with E-state index in [1.165, 1.54) is 17.5 Å². The van der Waals surface area contributed by atoms with E-state index in [0.29, 0.717) is 16.3 Å². The van der Waals surface area contributed by atoms with Crippen LogP contribution in [0.3, 0.4) is 0 Å². The topological polar surface area (TPSA) is 99.6 Å². The average Bonchev–Trinajstić information content (AvgIpc) is 3.11. The molecule has 3 heterocycles. The standard InChI is InChI=1S/C11H8N6OS/c12-10(18)9-8(11-14-4-6-19-11)7(1-2-13-9)17-5-3-15-16-17/h1-6H,(H2,12,18). The van der Waals surface area contributed by atoms with E-state index in [2.05, 4.69) is 20.3 Å². The molecule has 0 bridgehead atoms. The normalized spacial score (nSPS) is 10.5. The highest BCUT2D eigenvalue weighted by Crippen LogP contribution is 2.30. The first kappa shape index (κ1) is 11.5. The van der Waals surface area contributed by atoms with E-state index in [9.17, 15) is 4.79 Å². The second-order valence-electron chi connectivity index (χ2n) is 3.60. The zero-order valence-electron chi connectivity index (χ0n) is 9.59. The van der Waals surface area contributed by atoms with Crippen molar-refractivity contribution in [2.75, 3.05) is 0 Å². The number of nitrogens with two attached hydrogens (primary N) is 1. The van der Waals surface area contributed by atoms with Crippen LogP contribution in [0, 0.1) is 0 Å². The van der Waals surface area contributed by atoms with Crippen LogP contribution in [0.1, 0.15) is 10.5 Å². The van der Waals surface area contributed by atoms with Gasteiger partial charge in [0.1, 0.15) is 10.7 Å². The van der Waals surface area contributed by atoms with Gasteiger partial charge in [-0.1, -0.05) is 5.21 Å². The molecule has 0 atom stereocenters. The zero-order chi connectivity index (χ0) is 13.2. The molecule has 0 saturated carbocycles. The van der Waals surface area contributed by atoms with Crippen LogP contribution in [0.25, 0.3) is 16.3 Å². The number of primary amides is 1. The van der Waals surface area contributed by atoms with E-state index in [1.54, 1.807) is 29.3 Å². The van der Waals surface area contributed by atoms with Crippen molar-refractivity contribution in [1.29, 1.82) is 0 Å². The van der Waals surface area contributed by atoms with Crippen LogP contribution in [0.4, 0.5) is 0 Å². The highest BCUT2D eigenvalue weighted by molar-refractivity contribution is 7.13. The molecule has 0 spiro atoms. The largest absolute Gasteiger partial charge is 0.364 e. The molecule has 3 rings (SSSR count). The molecule has 0 aromatic carbocycles. The van der Waals surface area contributed by atoms with Gasteiger partial charge in [-0.05, 0) is 6.07 Å². The molecule has 0 unspecified atom stereocenters. The Labute approximate surface area is 111 Å². The zero-order valence-corrected chi connectivity index (χ0v) is 10.4. The third kappa shape index (κ3) is 1.97. The van der Waals surface area contributed by atoms with E-state index in [4.69, 9.17) is 5.73 Å². The summed E-state index contributed by atoms with van der Waals surface area (Å²) < 4.78 is 1.55. The fourth-order valence-corrected chi connectivity index (χ4v) is 2.42. The minimum absolute atomic E-state index is 0.169. The second-order valence-corrected chi connectivity index (χ2v) is 4.50. The summed E-state index contributed by atoms with van der Waals surface area (Å²) in [6.45, 7) is 0. The summed E-state index contributed by atoms with van der Waals surface area (Å²) in [7, 11) is 0. The molecule has 1 amide bonds. The number of thiazole rings is 1. The molecule has 3 aromatic heterocycles. The lowest BCUT2D eigenvalue weighted by atomic mass is 10.1. The lowest BCUT2D eigenvalue weighted by Crippen LogP contribution is -2.16. The highest BCUT2D eigenvalue weighted by Gasteiger charge is 2.19. The van der Waals surface area contributed by atoms with Gasteiger partial charge in [0.05, 0.1) is 23.6 Å². The van der Waals surface area contributed by atoms with E-state index >= 15 is 0 Å². The number of carbonyl (C=O) groups excluding carboxylic acids is 1. The molecule has 3 aromatic rings. The molecule has 2 N–H and O–H groups in total. The number of aromatic nitrogens is 5. The highest BCUT2D eigenvalue weighted by atomic mass is 32.1. The number of amides is 1. The van der Waals surface area contributed by atoms with Crippen LogP contribution < -0.4 is 5.73 Å². The van der Waals surface area contributed by atoms with Gasteiger partial charge in [0.2, 0.25) is 0 Å². The van der Waals surface area contributed by atoms with Crippen molar-refractivity contribution in [1.82, 2.24) is 25.0 Å². The minimum atomic E-state index is -0.604. The van der Waals surface area contributed by atoms with E-state index in [-0.39, 0.29) is 5.69 Å². The number of hydrogen-bond acceptors (Lipinski definition) is 6. The fourth-order valence-electron chi connectivity index (χ4n) is 1.72. The SMILES string of the molecule is NC(=O)c1nccc(-n2ccnn2)c1-c1nccs1. The van der Waals surface area contributed by atoms with Crippen LogP contribution in [-0.2, 0) is 0 Å². The van der Waals surface area contributed by atoms with Gasteiger partial charge in [-0.25, -0.2) is 9.67 Å². The van der Waals surface area contributed by atoms with Crippen LogP contribution in [0.5, 0.6) is 0 Å². The van der Waals surface area contributed by atoms with E-state index in [0.717, 1.165) is 0 Å². The summed E-state index contributed by atoms with van der Waals surface area (Å²) in [6, 6.07) is 1.73. The van der Waals surface area contributed by atoms with Gasteiger partial charge in [0.15, 0.2) is 0 Å². The molecular weight excluding hydrogens is 264 g/mol. The van der Waals surface area contributed by atoms with E-state index in [1.807, 2.05) is 5.38 Å². The molecule has 19 heavy (non-hydrogen) atoms. The summed E-state index contributed by atoms with van der Waals surface area (Å²) in [4.78, 5) is 19.8. The van der Waals surface area contributed by atoms with Crippen molar-refractivity contribution in [2.45, 2.75) is 0 Å². The summed E-state index contributed by atoms with van der Waals surface area (Å²) in [5, 5.41) is 10.2. The van der Waals surface area contributed by atoms with Gasteiger partial charge >= 0.3 is 0 Å². The van der Waals surface area contributed by atoms with Gasteiger partial charge in [-0.15, -0.1) is 16.4 Å². The van der Waals surface area contributed by atoms with Crippen molar-refractivity contribution in [3.05, 3.63) is 41.9 Å². The smallest absolute Gasteiger partial charge is 0.268 e. The van der Waals surface area contributed by atoms with Crippen LogP contribution in [0.2, 0.25) is 0 Å². The summed E-state index contributed by atoms with van der Waals surface area (Å²) in [6.07, 6.45) is 6.39. The molecule has 0 fully saturated rings. The monoisotopic (exact) mass is 272 g/mol. The molecule has 0 saturated heterocycles. The maximum atomic E-state index is 11.5. The molecule has 0 radical (unpaired) electrons. The predicted octanol–water partition coefficient (Wildman–Crippen LogP) is 0.885. The summed E-state index contributed by atoms with van der Waals surface area (Å²) in [5.41, 5.74) is 6.77. The lowest BCUT2D eigenvalue weighted by Gasteiger charge is -2.09. The molecule has 0 aliphatic carbocycles. The first-order chi connectivity index (χ1) is 9.27. The molecule has 94 valence electrons.